The average molecular weight is 510 g/mol. The maximum Gasteiger partial charge on any atom is 0.310 e. The fraction of sp³-hybridized carbons (Fsp3) is 0.583. The molecule has 0 aliphatic carbocycles. The number of nitrogens with zero attached hydrogens (tertiary/aromatic N) is 1. The van der Waals surface area contributed by atoms with Crippen molar-refractivity contribution in [3.05, 3.63) is 28.8 Å². The molecule has 2 saturated heterocycles. The highest BCUT2D eigenvalue weighted by Crippen LogP contribution is 2.24. The first-order valence-electron chi connectivity index (χ1n) is 11.8. The zero-order valence-electron chi connectivity index (χ0n) is 20.3. The molecular formula is C24H32ClN3O7. The van der Waals surface area contributed by atoms with Crippen molar-refractivity contribution in [1.82, 2.24) is 15.5 Å². The molecule has 0 bridgehead atoms. The molecule has 35 heavy (non-hydrogen) atoms. The van der Waals surface area contributed by atoms with Gasteiger partial charge >= 0.3 is 5.97 Å². The molecular weight excluding hydrogens is 478 g/mol. The highest BCUT2D eigenvalue weighted by molar-refractivity contribution is 6.34. The van der Waals surface area contributed by atoms with Gasteiger partial charge in [-0.1, -0.05) is 11.6 Å². The zero-order chi connectivity index (χ0) is 25.7. The minimum Gasteiger partial charge on any atom is -0.491 e. The van der Waals surface area contributed by atoms with E-state index in [4.69, 9.17) is 25.8 Å². The van der Waals surface area contributed by atoms with Gasteiger partial charge in [-0.15, -0.1) is 0 Å². The second kappa shape index (κ2) is 11.7. The van der Waals surface area contributed by atoms with Crippen LogP contribution in [0.3, 0.4) is 0 Å². The molecule has 2 aliphatic heterocycles. The van der Waals surface area contributed by atoms with Crippen molar-refractivity contribution in [2.45, 2.75) is 77.5 Å². The lowest BCUT2D eigenvalue weighted by Gasteiger charge is -2.28. The Labute approximate surface area is 209 Å². The van der Waals surface area contributed by atoms with Crippen molar-refractivity contribution in [3.63, 3.8) is 0 Å². The lowest BCUT2D eigenvalue weighted by atomic mass is 10.1. The molecule has 2 fully saturated rings. The Kier molecular flexibility index (Phi) is 8.96. The highest BCUT2D eigenvalue weighted by atomic mass is 35.5. The number of carbonyl (C=O) groups is 4. The number of cyclic esters (lactones) is 1. The van der Waals surface area contributed by atoms with Gasteiger partial charge < -0.3 is 29.7 Å². The van der Waals surface area contributed by atoms with Gasteiger partial charge in [0.2, 0.25) is 18.1 Å². The number of likely N-dealkylation sites (tertiary alicyclic amines) is 1. The molecule has 2 heterocycles. The Morgan fingerprint density at radius 3 is 2.66 bits per heavy atom. The number of hydrogen-bond acceptors (Lipinski definition) is 7. The number of rotatable bonds is 9. The predicted molar refractivity (Wildman–Crippen MR) is 127 cm³/mol. The van der Waals surface area contributed by atoms with Crippen LogP contribution in [0.15, 0.2) is 18.2 Å². The smallest absolute Gasteiger partial charge is 0.310 e. The normalized spacial score (nSPS) is 22.6. The summed E-state index contributed by atoms with van der Waals surface area (Å²) in [6.07, 6.45) is 0.235. The lowest BCUT2D eigenvalue weighted by molar-refractivity contribution is -0.164. The van der Waals surface area contributed by atoms with Crippen molar-refractivity contribution in [1.29, 1.82) is 0 Å². The summed E-state index contributed by atoms with van der Waals surface area (Å²) in [4.78, 5) is 51.9. The molecule has 3 rings (SSSR count). The number of benzene rings is 1. The van der Waals surface area contributed by atoms with Crippen LogP contribution in [0.1, 0.15) is 57.3 Å². The summed E-state index contributed by atoms with van der Waals surface area (Å²) < 4.78 is 16.0. The van der Waals surface area contributed by atoms with Crippen molar-refractivity contribution in [2.75, 3.05) is 13.2 Å². The molecule has 11 heteroatoms. The predicted octanol–water partition coefficient (Wildman–Crippen LogP) is 2.03. The van der Waals surface area contributed by atoms with E-state index >= 15 is 0 Å². The summed E-state index contributed by atoms with van der Waals surface area (Å²) >= 11 is 6.25. The topological polar surface area (TPSA) is 123 Å². The monoisotopic (exact) mass is 509 g/mol. The molecule has 2 aliphatic rings. The third-order valence-corrected chi connectivity index (χ3v) is 6.05. The van der Waals surface area contributed by atoms with Gasteiger partial charge in [-0.05, 0) is 58.7 Å². The number of ether oxygens (including phenoxy) is 3. The second-order valence-electron chi connectivity index (χ2n) is 8.83. The zero-order valence-corrected chi connectivity index (χ0v) is 21.1. The standard InChI is InChI=1S/C24H32ClN3O7/c1-5-33-24-18(12-20(29)35-24)27-22(31)19-7-6-10-28(19)23(32)14(4)26-21(30)16-9-8-15(11-17(16)25)34-13(2)3/h8-9,11,13-14,18-19,24H,5-7,10,12H2,1-4H3,(H,26,30)(H,27,31)/t14?,18-,19-,24+/m0/s1. The van der Waals surface area contributed by atoms with Crippen LogP contribution < -0.4 is 15.4 Å². The molecule has 0 saturated carbocycles. The number of halogens is 1. The number of esters is 1. The van der Waals surface area contributed by atoms with E-state index in [9.17, 15) is 19.2 Å². The number of amides is 3. The number of carbonyl (C=O) groups excluding carboxylic acids is 4. The van der Waals surface area contributed by atoms with Gasteiger partial charge in [0.25, 0.3) is 5.91 Å². The van der Waals surface area contributed by atoms with Crippen LogP contribution in [0.4, 0.5) is 0 Å². The molecule has 10 nitrogen and oxygen atoms in total. The minimum absolute atomic E-state index is 0.00525. The Bertz CT molecular complexity index is 970. The van der Waals surface area contributed by atoms with Gasteiger partial charge in [0.05, 0.1) is 23.1 Å². The average Bonchev–Trinajstić information content (AvgIpc) is 3.39. The van der Waals surface area contributed by atoms with Gasteiger partial charge in [0, 0.05) is 13.2 Å². The summed E-state index contributed by atoms with van der Waals surface area (Å²) in [5.74, 6) is -1.18. The van der Waals surface area contributed by atoms with E-state index in [1.54, 1.807) is 32.0 Å². The van der Waals surface area contributed by atoms with E-state index in [-0.39, 0.29) is 34.9 Å². The van der Waals surface area contributed by atoms with E-state index < -0.39 is 36.3 Å². The summed E-state index contributed by atoms with van der Waals surface area (Å²) in [5, 5.41) is 5.65. The molecule has 0 radical (unpaired) electrons. The van der Waals surface area contributed by atoms with E-state index in [0.29, 0.717) is 31.7 Å². The number of nitrogens with one attached hydrogen (secondary N) is 2. The van der Waals surface area contributed by atoms with Crippen molar-refractivity contribution in [2.24, 2.45) is 0 Å². The third kappa shape index (κ3) is 6.64. The SMILES string of the molecule is CCO[C@@H]1OC(=O)C[C@@H]1NC(=O)[C@@H]1CCCN1C(=O)C(C)NC(=O)c1ccc(OC(C)C)cc1Cl. The Morgan fingerprint density at radius 2 is 2.00 bits per heavy atom. The van der Waals surface area contributed by atoms with Crippen LogP contribution in [-0.4, -0.2) is 72.3 Å². The van der Waals surface area contributed by atoms with Crippen LogP contribution in [0, 0.1) is 0 Å². The largest absolute Gasteiger partial charge is 0.491 e. The van der Waals surface area contributed by atoms with Gasteiger partial charge in [-0.3, -0.25) is 19.2 Å². The Morgan fingerprint density at radius 1 is 1.26 bits per heavy atom. The number of hydrogen-bond donors (Lipinski definition) is 2. The van der Waals surface area contributed by atoms with Gasteiger partial charge in [0.1, 0.15) is 23.9 Å². The summed E-state index contributed by atoms with van der Waals surface area (Å²) in [6.45, 7) is 7.80. The van der Waals surface area contributed by atoms with Crippen molar-refractivity contribution >= 4 is 35.3 Å². The Balaban J connectivity index is 1.61. The molecule has 1 aromatic rings. The molecule has 192 valence electrons. The fourth-order valence-electron chi connectivity index (χ4n) is 4.16. The van der Waals surface area contributed by atoms with Crippen LogP contribution in [-0.2, 0) is 23.9 Å². The van der Waals surface area contributed by atoms with E-state index in [1.165, 1.54) is 4.90 Å². The second-order valence-corrected chi connectivity index (χ2v) is 9.23. The molecule has 4 atom stereocenters. The van der Waals surface area contributed by atoms with Crippen molar-refractivity contribution in [3.8, 4) is 5.75 Å². The molecule has 0 spiro atoms. The summed E-state index contributed by atoms with van der Waals surface area (Å²) in [6, 6.07) is 2.52. The summed E-state index contributed by atoms with van der Waals surface area (Å²) in [5.41, 5.74) is 0.214. The fourth-order valence-corrected chi connectivity index (χ4v) is 4.42. The van der Waals surface area contributed by atoms with E-state index in [2.05, 4.69) is 10.6 Å². The first-order chi connectivity index (χ1) is 16.6. The summed E-state index contributed by atoms with van der Waals surface area (Å²) in [7, 11) is 0. The Hall–Kier alpha value is -2.85. The van der Waals surface area contributed by atoms with Crippen LogP contribution in [0.25, 0.3) is 0 Å². The van der Waals surface area contributed by atoms with E-state index in [0.717, 1.165) is 0 Å². The molecule has 0 aromatic heterocycles. The molecule has 1 aromatic carbocycles. The molecule has 1 unspecified atom stereocenters. The lowest BCUT2D eigenvalue weighted by Crippen LogP contribution is -2.54. The van der Waals surface area contributed by atoms with Crippen molar-refractivity contribution < 1.29 is 33.4 Å². The molecule has 3 amide bonds. The quantitative estimate of drug-likeness (QED) is 0.488. The van der Waals surface area contributed by atoms with Crippen LogP contribution in [0.2, 0.25) is 5.02 Å². The molecule has 2 N–H and O–H groups in total. The van der Waals surface area contributed by atoms with Gasteiger partial charge in [-0.25, -0.2) is 0 Å². The maximum atomic E-state index is 13.1. The van der Waals surface area contributed by atoms with Gasteiger partial charge in [0.15, 0.2) is 0 Å². The maximum absolute atomic E-state index is 13.1. The first-order valence-corrected chi connectivity index (χ1v) is 12.2. The first kappa shape index (κ1) is 26.7. The minimum atomic E-state index is -0.883. The van der Waals surface area contributed by atoms with Crippen LogP contribution in [0.5, 0.6) is 5.75 Å². The van der Waals surface area contributed by atoms with Gasteiger partial charge in [-0.2, -0.15) is 0 Å². The van der Waals surface area contributed by atoms with Crippen LogP contribution >= 0.6 is 11.6 Å². The highest BCUT2D eigenvalue weighted by Gasteiger charge is 2.41. The van der Waals surface area contributed by atoms with E-state index in [1.807, 2.05) is 13.8 Å². The third-order valence-electron chi connectivity index (χ3n) is 5.73.